The minimum absolute atomic E-state index is 0.0577. The van der Waals surface area contributed by atoms with Crippen LogP contribution in [0.5, 0.6) is 5.75 Å². The number of amides is 2. The number of nitrogens with zero attached hydrogens (tertiary/aromatic N) is 3. The van der Waals surface area contributed by atoms with Gasteiger partial charge in [-0.05, 0) is 63.0 Å². The number of aromatic nitrogens is 2. The fourth-order valence-corrected chi connectivity index (χ4v) is 6.56. The molecule has 1 aliphatic rings. The normalized spacial score (nSPS) is 13.6. The van der Waals surface area contributed by atoms with Gasteiger partial charge < -0.3 is 20.3 Å². The first-order valence-electron chi connectivity index (χ1n) is 12.5. The molecular formula is C28H27N5O5S2. The van der Waals surface area contributed by atoms with Crippen molar-refractivity contribution in [2.45, 2.75) is 22.8 Å². The molecule has 5 rings (SSSR count). The molecule has 0 fully saturated rings. The Labute approximate surface area is 236 Å². The average molecular weight is 578 g/mol. The van der Waals surface area contributed by atoms with Gasteiger partial charge >= 0.3 is 0 Å². The van der Waals surface area contributed by atoms with Crippen molar-refractivity contribution in [3.8, 4) is 16.5 Å². The van der Waals surface area contributed by atoms with Crippen LogP contribution in [0.15, 0.2) is 76.8 Å². The van der Waals surface area contributed by atoms with Gasteiger partial charge in [-0.1, -0.05) is 12.1 Å². The molecule has 40 heavy (non-hydrogen) atoms. The highest BCUT2D eigenvalue weighted by Gasteiger charge is 2.31. The van der Waals surface area contributed by atoms with E-state index in [9.17, 15) is 18.0 Å². The van der Waals surface area contributed by atoms with Crippen LogP contribution in [0.4, 0.5) is 5.69 Å². The molecule has 12 heteroatoms. The summed E-state index contributed by atoms with van der Waals surface area (Å²) in [5.41, 5.74) is 1.03. The van der Waals surface area contributed by atoms with Crippen molar-refractivity contribution in [1.82, 2.24) is 20.2 Å². The van der Waals surface area contributed by atoms with Crippen LogP contribution < -0.4 is 15.4 Å². The molecule has 2 aromatic heterocycles. The lowest BCUT2D eigenvalue weighted by Crippen LogP contribution is -2.22. The molecule has 4 aromatic rings. The molecule has 206 valence electrons. The average Bonchev–Trinajstić information content (AvgIpc) is 3.40. The van der Waals surface area contributed by atoms with Gasteiger partial charge in [0.25, 0.3) is 11.8 Å². The molecule has 0 bridgehead atoms. The molecule has 2 N–H and O–H groups in total. The van der Waals surface area contributed by atoms with Crippen molar-refractivity contribution in [2.75, 3.05) is 32.6 Å². The second-order valence-corrected chi connectivity index (χ2v) is 12.4. The van der Waals surface area contributed by atoms with E-state index in [1.807, 2.05) is 26.2 Å². The van der Waals surface area contributed by atoms with Gasteiger partial charge in [-0.2, -0.15) is 0 Å². The smallest absolute Gasteiger partial charge is 0.257 e. The monoisotopic (exact) mass is 577 g/mol. The van der Waals surface area contributed by atoms with Crippen molar-refractivity contribution in [3.63, 3.8) is 0 Å². The minimum atomic E-state index is -3.94. The Hall–Kier alpha value is -4.13. The van der Waals surface area contributed by atoms with Gasteiger partial charge in [0.05, 0.1) is 46.1 Å². The zero-order chi connectivity index (χ0) is 28.3. The van der Waals surface area contributed by atoms with E-state index in [-0.39, 0.29) is 33.2 Å². The maximum atomic E-state index is 13.2. The number of fused-ring (bicyclic) bond motifs is 2. The molecule has 3 heterocycles. The van der Waals surface area contributed by atoms with Crippen LogP contribution in [0, 0.1) is 0 Å². The number of carbonyl (C=O) groups is 2. The molecule has 0 aliphatic carbocycles. The number of sulfone groups is 1. The lowest BCUT2D eigenvalue weighted by molar-refractivity contribution is 0.0949. The molecule has 2 amide bonds. The van der Waals surface area contributed by atoms with Crippen LogP contribution in [0.2, 0.25) is 0 Å². The second-order valence-electron chi connectivity index (χ2n) is 9.36. The molecule has 0 atom stereocenters. The highest BCUT2D eigenvalue weighted by atomic mass is 32.2. The predicted octanol–water partition coefficient (Wildman–Crippen LogP) is 3.86. The van der Waals surface area contributed by atoms with Gasteiger partial charge in [0.2, 0.25) is 9.84 Å². The van der Waals surface area contributed by atoms with E-state index in [2.05, 4.69) is 25.5 Å². The number of benzene rings is 2. The Kier molecular flexibility index (Phi) is 7.92. The Bertz CT molecular complexity index is 1670. The van der Waals surface area contributed by atoms with Crippen molar-refractivity contribution in [1.29, 1.82) is 0 Å². The molecule has 0 saturated heterocycles. The number of pyridine rings is 1. The maximum absolute atomic E-state index is 13.2. The Morgan fingerprint density at radius 3 is 2.65 bits per heavy atom. The van der Waals surface area contributed by atoms with Gasteiger partial charge in [0, 0.05) is 23.2 Å². The van der Waals surface area contributed by atoms with Crippen molar-refractivity contribution in [2.24, 2.45) is 0 Å². The van der Waals surface area contributed by atoms with E-state index in [0.29, 0.717) is 23.1 Å². The number of anilines is 1. The summed E-state index contributed by atoms with van der Waals surface area (Å²) in [5.74, 6) is -0.273. The Balaban J connectivity index is 1.22. The van der Waals surface area contributed by atoms with Crippen LogP contribution in [-0.2, 0) is 16.4 Å². The van der Waals surface area contributed by atoms with Crippen LogP contribution >= 0.6 is 11.3 Å². The lowest BCUT2D eigenvalue weighted by Gasteiger charge is -2.10. The van der Waals surface area contributed by atoms with Crippen molar-refractivity contribution in [3.05, 3.63) is 83.0 Å². The highest BCUT2D eigenvalue weighted by Crippen LogP contribution is 2.34. The summed E-state index contributed by atoms with van der Waals surface area (Å²) >= 11 is 1.40. The maximum Gasteiger partial charge on any atom is 0.257 e. The van der Waals surface area contributed by atoms with Crippen molar-refractivity contribution >= 4 is 38.7 Å². The SMILES string of the molecule is CN(C)CCCOc1ccc(-c2ncc(CNC(=O)c3ccc4c(c3)NC(=O)c3ccccc3S4(=O)=O)s2)nc1. The van der Waals surface area contributed by atoms with E-state index in [1.165, 1.54) is 41.7 Å². The van der Waals surface area contributed by atoms with E-state index in [0.717, 1.165) is 17.8 Å². The number of rotatable bonds is 9. The largest absolute Gasteiger partial charge is 0.492 e. The summed E-state index contributed by atoms with van der Waals surface area (Å²) in [6, 6.07) is 13.9. The number of carbonyl (C=O) groups excluding carboxylic acids is 2. The summed E-state index contributed by atoms with van der Waals surface area (Å²) in [6.45, 7) is 1.78. The highest BCUT2D eigenvalue weighted by molar-refractivity contribution is 7.91. The number of hydrogen-bond donors (Lipinski definition) is 2. The van der Waals surface area contributed by atoms with Crippen LogP contribution in [-0.4, -0.2) is 62.3 Å². The molecule has 1 aliphatic heterocycles. The first-order chi connectivity index (χ1) is 19.2. The molecular weight excluding hydrogens is 550 g/mol. The third kappa shape index (κ3) is 5.88. The molecule has 0 saturated carbocycles. The van der Waals surface area contributed by atoms with Crippen LogP contribution in [0.3, 0.4) is 0 Å². The lowest BCUT2D eigenvalue weighted by atomic mass is 10.1. The third-order valence-electron chi connectivity index (χ3n) is 6.15. The van der Waals surface area contributed by atoms with Crippen LogP contribution in [0.1, 0.15) is 32.0 Å². The van der Waals surface area contributed by atoms with E-state index < -0.39 is 21.7 Å². The van der Waals surface area contributed by atoms with Gasteiger partial charge in [-0.15, -0.1) is 11.3 Å². The summed E-state index contributed by atoms with van der Waals surface area (Å²) in [7, 11) is 0.102. The molecule has 0 unspecified atom stereocenters. The van der Waals surface area contributed by atoms with E-state index >= 15 is 0 Å². The zero-order valence-corrected chi connectivity index (χ0v) is 23.5. The minimum Gasteiger partial charge on any atom is -0.492 e. The zero-order valence-electron chi connectivity index (χ0n) is 21.9. The van der Waals surface area contributed by atoms with Gasteiger partial charge in [0.1, 0.15) is 10.8 Å². The van der Waals surface area contributed by atoms with Gasteiger partial charge in [-0.3, -0.25) is 9.59 Å². The predicted molar refractivity (Wildman–Crippen MR) is 151 cm³/mol. The van der Waals surface area contributed by atoms with Crippen LogP contribution in [0.25, 0.3) is 10.7 Å². The first-order valence-corrected chi connectivity index (χ1v) is 14.8. The molecule has 10 nitrogen and oxygen atoms in total. The summed E-state index contributed by atoms with van der Waals surface area (Å²) < 4.78 is 32.0. The third-order valence-corrected chi connectivity index (χ3v) is 9.04. The topological polar surface area (TPSA) is 131 Å². The van der Waals surface area contributed by atoms with Gasteiger partial charge in [-0.25, -0.2) is 18.4 Å². The summed E-state index contributed by atoms with van der Waals surface area (Å²) in [6.07, 6.45) is 4.27. The number of hydrogen-bond acceptors (Lipinski definition) is 9. The fourth-order valence-electron chi connectivity index (χ4n) is 4.14. The fraction of sp³-hybridized carbons (Fsp3) is 0.214. The number of ether oxygens (including phenoxy) is 1. The van der Waals surface area contributed by atoms with Crippen molar-refractivity contribution < 1.29 is 22.7 Å². The first kappa shape index (κ1) is 27.4. The quantitative estimate of drug-likeness (QED) is 0.287. The van der Waals surface area contributed by atoms with Gasteiger partial charge in [0.15, 0.2) is 0 Å². The Morgan fingerprint density at radius 2 is 1.88 bits per heavy atom. The Morgan fingerprint density at radius 1 is 1.05 bits per heavy atom. The summed E-state index contributed by atoms with van der Waals surface area (Å²) in [4.78, 5) is 37.2. The van der Waals surface area contributed by atoms with E-state index in [4.69, 9.17) is 4.74 Å². The molecule has 2 aromatic carbocycles. The molecule has 0 radical (unpaired) electrons. The number of thiazole rings is 1. The molecule has 0 spiro atoms. The summed E-state index contributed by atoms with van der Waals surface area (Å²) in [5, 5.41) is 6.16. The standard InChI is InChI=1S/C28H27N5O5S2/c1-33(2)12-5-13-38-19-9-10-22(29-15-19)28-31-17-20(39-28)16-30-26(34)18-8-11-25-23(14-18)32-27(35)21-6-3-4-7-24(21)40(25,36)37/h3-4,6-11,14-15,17H,5,12-13,16H2,1-2H3,(H,30,34)(H,32,35). The number of nitrogens with one attached hydrogen (secondary N) is 2. The van der Waals surface area contributed by atoms with E-state index in [1.54, 1.807) is 24.5 Å². The second kappa shape index (κ2) is 11.5.